The summed E-state index contributed by atoms with van der Waals surface area (Å²) in [7, 11) is 0. The zero-order valence-corrected chi connectivity index (χ0v) is 11.1. The zero-order chi connectivity index (χ0) is 10.8. The largest absolute Gasteiger partial charge is 0.160 e. The average Bonchev–Trinajstić information content (AvgIpc) is 2.60. The summed E-state index contributed by atoms with van der Waals surface area (Å²) in [6.45, 7) is 0. The number of hydrogen-bond acceptors (Lipinski definition) is 1. The van der Waals surface area contributed by atoms with Gasteiger partial charge in [0.05, 0.1) is 10.0 Å². The van der Waals surface area contributed by atoms with Crippen LogP contribution in [0, 0.1) is 5.92 Å². The van der Waals surface area contributed by atoms with Gasteiger partial charge >= 0.3 is 0 Å². The molecule has 1 aliphatic heterocycles. The molecule has 0 spiro atoms. The van der Waals surface area contributed by atoms with Crippen LogP contribution in [-0.2, 0) is 6.42 Å². The van der Waals surface area contributed by atoms with Crippen LogP contribution in [0.15, 0.2) is 18.2 Å². The first-order valence-corrected chi connectivity index (χ1v) is 7.18. The highest BCUT2D eigenvalue weighted by Crippen LogP contribution is 2.34. The fourth-order valence-electron chi connectivity index (χ4n) is 1.75. The summed E-state index contributed by atoms with van der Waals surface area (Å²) in [5.74, 6) is 2.69. The molecule has 15 heavy (non-hydrogen) atoms. The van der Waals surface area contributed by atoms with Gasteiger partial charge in [-0.2, -0.15) is 11.8 Å². The van der Waals surface area contributed by atoms with E-state index in [9.17, 15) is 0 Å². The molecule has 2 atom stereocenters. The third-order valence-electron chi connectivity index (χ3n) is 2.63. The summed E-state index contributed by atoms with van der Waals surface area (Å²) in [5.41, 5.74) is 1.11. The molecule has 0 N–H and O–H groups in total. The molecule has 1 aromatic rings. The molecule has 1 aromatic carbocycles. The highest BCUT2D eigenvalue weighted by Gasteiger charge is 2.26. The molecule has 82 valence electrons. The van der Waals surface area contributed by atoms with Crippen molar-refractivity contribution in [3.63, 3.8) is 0 Å². The van der Waals surface area contributed by atoms with E-state index in [0.29, 0.717) is 16.0 Å². The number of benzene rings is 1. The van der Waals surface area contributed by atoms with Crippen LogP contribution < -0.4 is 0 Å². The molecule has 0 aliphatic carbocycles. The van der Waals surface area contributed by atoms with Gasteiger partial charge in [-0.3, -0.25) is 0 Å². The molecule has 2 unspecified atom stereocenters. The van der Waals surface area contributed by atoms with Crippen LogP contribution in [0.2, 0.25) is 10.0 Å². The molecule has 0 nitrogen and oxygen atoms in total. The number of hydrogen-bond donors (Lipinski definition) is 0. The minimum atomic E-state index is 0.269. The topological polar surface area (TPSA) is 0 Å². The summed E-state index contributed by atoms with van der Waals surface area (Å²) >= 11 is 20.2. The lowest BCUT2D eigenvalue weighted by atomic mass is 9.98. The standard InChI is InChI=1S/C11H11Cl3S/c12-9-3-1-2-7(11(9)14)4-8-5-15-6-10(8)13/h1-3,8,10H,4-6H2. The molecule has 1 saturated heterocycles. The van der Waals surface area contributed by atoms with Gasteiger partial charge in [-0.15, -0.1) is 11.6 Å². The van der Waals surface area contributed by atoms with Crippen molar-refractivity contribution < 1.29 is 0 Å². The summed E-state index contributed by atoms with van der Waals surface area (Å²) in [6.07, 6.45) is 0.931. The van der Waals surface area contributed by atoms with E-state index >= 15 is 0 Å². The van der Waals surface area contributed by atoms with Gasteiger partial charge in [-0.1, -0.05) is 35.3 Å². The van der Waals surface area contributed by atoms with Gasteiger partial charge in [0, 0.05) is 11.1 Å². The van der Waals surface area contributed by atoms with Gasteiger partial charge in [0.25, 0.3) is 0 Å². The van der Waals surface area contributed by atoms with Crippen molar-refractivity contribution in [1.29, 1.82) is 0 Å². The van der Waals surface area contributed by atoms with E-state index in [1.807, 2.05) is 30.0 Å². The zero-order valence-electron chi connectivity index (χ0n) is 8.05. The lowest BCUT2D eigenvalue weighted by Crippen LogP contribution is -2.14. The normalized spacial score (nSPS) is 25.8. The second kappa shape index (κ2) is 5.18. The molecule has 0 radical (unpaired) electrons. The van der Waals surface area contributed by atoms with Crippen molar-refractivity contribution in [2.24, 2.45) is 5.92 Å². The number of rotatable bonds is 2. The maximum atomic E-state index is 6.22. The van der Waals surface area contributed by atoms with E-state index in [4.69, 9.17) is 34.8 Å². The molecule has 1 aliphatic rings. The van der Waals surface area contributed by atoms with Gasteiger partial charge in [-0.05, 0) is 29.7 Å². The Kier molecular flexibility index (Phi) is 4.11. The Morgan fingerprint density at radius 2 is 2.07 bits per heavy atom. The van der Waals surface area contributed by atoms with E-state index in [0.717, 1.165) is 23.5 Å². The van der Waals surface area contributed by atoms with E-state index in [-0.39, 0.29) is 5.38 Å². The summed E-state index contributed by atoms with van der Waals surface area (Å²) in [4.78, 5) is 0. The molecular weight excluding hydrogens is 271 g/mol. The van der Waals surface area contributed by atoms with Gasteiger partial charge in [0.2, 0.25) is 0 Å². The highest BCUT2D eigenvalue weighted by molar-refractivity contribution is 7.99. The van der Waals surface area contributed by atoms with E-state index < -0.39 is 0 Å². The first-order valence-electron chi connectivity index (χ1n) is 4.83. The fraction of sp³-hybridized carbons (Fsp3) is 0.455. The number of halogens is 3. The molecule has 4 heteroatoms. The highest BCUT2D eigenvalue weighted by atomic mass is 35.5. The van der Waals surface area contributed by atoms with Gasteiger partial charge in [-0.25, -0.2) is 0 Å². The Morgan fingerprint density at radius 1 is 1.27 bits per heavy atom. The van der Waals surface area contributed by atoms with Crippen molar-refractivity contribution in [3.05, 3.63) is 33.8 Å². The van der Waals surface area contributed by atoms with Gasteiger partial charge < -0.3 is 0 Å². The molecule has 0 bridgehead atoms. The van der Waals surface area contributed by atoms with Crippen molar-refractivity contribution in [1.82, 2.24) is 0 Å². The maximum absolute atomic E-state index is 6.22. The smallest absolute Gasteiger partial charge is 0.0624 e. The van der Waals surface area contributed by atoms with Gasteiger partial charge in [0.1, 0.15) is 0 Å². The molecular formula is C11H11Cl3S. The Hall–Kier alpha value is 0.440. The van der Waals surface area contributed by atoms with Crippen LogP contribution in [0.25, 0.3) is 0 Å². The Labute approximate surface area is 109 Å². The summed E-state index contributed by atoms with van der Waals surface area (Å²) < 4.78 is 0. The van der Waals surface area contributed by atoms with Crippen LogP contribution >= 0.6 is 46.6 Å². The minimum Gasteiger partial charge on any atom is -0.160 e. The van der Waals surface area contributed by atoms with Crippen LogP contribution in [0.1, 0.15) is 5.56 Å². The average molecular weight is 282 g/mol. The molecule has 0 amide bonds. The Bertz CT molecular complexity index is 354. The van der Waals surface area contributed by atoms with Crippen molar-refractivity contribution in [3.8, 4) is 0 Å². The Balaban J connectivity index is 2.13. The predicted molar refractivity (Wildman–Crippen MR) is 70.6 cm³/mol. The lowest BCUT2D eigenvalue weighted by molar-refractivity contribution is 0.603. The Morgan fingerprint density at radius 3 is 2.73 bits per heavy atom. The third kappa shape index (κ3) is 2.76. The van der Waals surface area contributed by atoms with Crippen LogP contribution in [0.5, 0.6) is 0 Å². The SMILES string of the molecule is Clc1cccc(CC2CSCC2Cl)c1Cl. The molecule has 0 saturated carbocycles. The first-order chi connectivity index (χ1) is 7.18. The monoisotopic (exact) mass is 280 g/mol. The summed E-state index contributed by atoms with van der Waals surface area (Å²) in [5, 5.41) is 1.58. The molecule has 2 rings (SSSR count). The predicted octanol–water partition coefficient (Wildman–Crippen LogP) is 4.51. The van der Waals surface area contributed by atoms with Crippen molar-refractivity contribution in [2.75, 3.05) is 11.5 Å². The third-order valence-corrected chi connectivity index (χ3v) is 5.44. The maximum Gasteiger partial charge on any atom is 0.0624 e. The van der Waals surface area contributed by atoms with Crippen molar-refractivity contribution >= 4 is 46.6 Å². The fourth-order valence-corrected chi connectivity index (χ4v) is 3.98. The second-order valence-corrected chi connectivity index (χ2v) is 6.15. The van der Waals surface area contributed by atoms with Crippen LogP contribution in [0.4, 0.5) is 0 Å². The van der Waals surface area contributed by atoms with Crippen molar-refractivity contribution in [2.45, 2.75) is 11.8 Å². The lowest BCUT2D eigenvalue weighted by Gasteiger charge is -2.14. The number of thioether (sulfide) groups is 1. The van der Waals surface area contributed by atoms with Crippen LogP contribution in [0.3, 0.4) is 0 Å². The van der Waals surface area contributed by atoms with E-state index in [1.54, 1.807) is 0 Å². The first kappa shape index (κ1) is 11.9. The van der Waals surface area contributed by atoms with Crippen LogP contribution in [-0.4, -0.2) is 16.9 Å². The minimum absolute atomic E-state index is 0.269. The number of alkyl halides is 1. The molecule has 1 heterocycles. The van der Waals surface area contributed by atoms with E-state index in [2.05, 4.69) is 0 Å². The molecule has 0 aromatic heterocycles. The summed E-state index contributed by atoms with van der Waals surface area (Å²) in [6, 6.07) is 5.78. The van der Waals surface area contributed by atoms with Gasteiger partial charge in [0.15, 0.2) is 0 Å². The quantitative estimate of drug-likeness (QED) is 0.719. The van der Waals surface area contributed by atoms with E-state index in [1.165, 1.54) is 0 Å². The molecule has 1 fully saturated rings. The second-order valence-electron chi connectivity index (χ2n) is 3.73.